The Morgan fingerprint density at radius 1 is 1.00 bits per heavy atom. The summed E-state index contributed by atoms with van der Waals surface area (Å²) in [5, 5.41) is 20.8. The van der Waals surface area contributed by atoms with Crippen molar-refractivity contribution in [2.45, 2.75) is 18.8 Å². The lowest BCUT2D eigenvalue weighted by molar-refractivity contribution is -0.140. The molecule has 0 aromatic heterocycles. The van der Waals surface area contributed by atoms with Crippen molar-refractivity contribution in [2.24, 2.45) is 0 Å². The van der Waals surface area contributed by atoms with Crippen molar-refractivity contribution in [1.29, 1.82) is 0 Å². The normalized spacial score (nSPS) is 17.6. The molecule has 9 heteroatoms. The Morgan fingerprint density at radius 3 is 2.34 bits per heavy atom. The molecule has 1 heterocycles. The molecule has 0 aliphatic carbocycles. The first kappa shape index (κ1) is 23.9. The highest BCUT2D eigenvalue weighted by Crippen LogP contribution is 2.42. The van der Waals surface area contributed by atoms with Gasteiger partial charge in [-0.15, -0.1) is 0 Å². The zero-order valence-corrected chi connectivity index (χ0v) is 18.4. The number of para-hydroxylation sites is 1. The van der Waals surface area contributed by atoms with Gasteiger partial charge in [-0.25, -0.2) is 0 Å². The number of phenols is 1. The Balaban J connectivity index is 1.86. The van der Waals surface area contributed by atoms with Gasteiger partial charge in [0.1, 0.15) is 17.3 Å². The summed E-state index contributed by atoms with van der Waals surface area (Å²) in [5.41, 5.74) is -0.414. The minimum absolute atomic E-state index is 0.0618. The van der Waals surface area contributed by atoms with Gasteiger partial charge >= 0.3 is 6.18 Å². The third-order valence-corrected chi connectivity index (χ3v) is 5.72. The summed E-state index contributed by atoms with van der Waals surface area (Å²) < 4.78 is 44.9. The van der Waals surface area contributed by atoms with Crippen LogP contribution in [-0.4, -0.2) is 33.9 Å². The molecule has 0 spiro atoms. The lowest BCUT2D eigenvalue weighted by atomic mass is 9.94. The maximum Gasteiger partial charge on any atom is 0.416 e. The Kier molecular flexibility index (Phi) is 6.26. The van der Waals surface area contributed by atoms with Crippen LogP contribution in [0.4, 0.5) is 13.2 Å². The van der Waals surface area contributed by atoms with E-state index < -0.39 is 35.2 Å². The fourth-order valence-electron chi connectivity index (χ4n) is 4.07. The van der Waals surface area contributed by atoms with Crippen LogP contribution in [0.1, 0.15) is 28.3 Å². The largest absolute Gasteiger partial charge is 0.508 e. The molecule has 1 saturated heterocycles. The molecule has 6 nitrogen and oxygen atoms in total. The Morgan fingerprint density at radius 2 is 1.69 bits per heavy atom. The highest BCUT2D eigenvalue weighted by Gasteiger charge is 2.46. The number of benzene rings is 3. The summed E-state index contributed by atoms with van der Waals surface area (Å²) in [5.74, 6) is -2.24. The number of nitrogens with zero attached hydrogens (tertiary/aromatic N) is 1. The summed E-state index contributed by atoms with van der Waals surface area (Å²) in [6.07, 6.45) is -4.58. The molecule has 2 N–H and O–H groups in total. The van der Waals surface area contributed by atoms with Gasteiger partial charge in [-0.3, -0.25) is 9.59 Å². The van der Waals surface area contributed by atoms with Gasteiger partial charge in [0.15, 0.2) is 0 Å². The average Bonchev–Trinajstić information content (AvgIpc) is 3.08. The molecule has 3 aromatic carbocycles. The minimum Gasteiger partial charge on any atom is -0.508 e. The topological polar surface area (TPSA) is 87.1 Å². The van der Waals surface area contributed by atoms with Gasteiger partial charge in [0.25, 0.3) is 11.7 Å². The SMILES string of the molecule is COc1ccccc1/C(O)=C1\C(=O)C(=O)N(Cc2cccc(C(F)(F)F)c2)C1c1ccc(O)cc1. The Bertz CT molecular complexity index is 1320. The summed E-state index contributed by atoms with van der Waals surface area (Å²) in [6.45, 7) is -0.317. The zero-order chi connectivity index (χ0) is 25.3. The fraction of sp³-hybridized carbons (Fsp3) is 0.154. The van der Waals surface area contributed by atoms with Crippen molar-refractivity contribution in [3.63, 3.8) is 0 Å². The van der Waals surface area contributed by atoms with Crippen molar-refractivity contribution in [1.82, 2.24) is 4.90 Å². The molecule has 3 aromatic rings. The van der Waals surface area contributed by atoms with E-state index in [1.165, 1.54) is 49.6 Å². The first-order valence-corrected chi connectivity index (χ1v) is 10.5. The number of Topliss-reactive ketones (excluding diaryl/α,β-unsaturated/α-hetero) is 1. The van der Waals surface area contributed by atoms with Crippen LogP contribution in [0.2, 0.25) is 0 Å². The van der Waals surface area contributed by atoms with Crippen LogP contribution >= 0.6 is 0 Å². The van der Waals surface area contributed by atoms with Gasteiger partial charge in [-0.1, -0.05) is 36.4 Å². The van der Waals surface area contributed by atoms with E-state index in [2.05, 4.69) is 0 Å². The van der Waals surface area contributed by atoms with Crippen molar-refractivity contribution >= 4 is 17.4 Å². The number of halogens is 3. The molecule has 0 radical (unpaired) electrons. The van der Waals surface area contributed by atoms with Crippen molar-refractivity contribution in [3.05, 3.63) is 101 Å². The van der Waals surface area contributed by atoms with Crippen LogP contribution in [0.25, 0.3) is 5.76 Å². The molecule has 1 atom stereocenters. The van der Waals surface area contributed by atoms with E-state index in [1.807, 2.05) is 0 Å². The van der Waals surface area contributed by atoms with Gasteiger partial charge in [-0.2, -0.15) is 13.2 Å². The lowest BCUT2D eigenvalue weighted by Crippen LogP contribution is -2.29. The van der Waals surface area contributed by atoms with E-state index in [1.54, 1.807) is 18.2 Å². The molecule has 0 saturated carbocycles. The third-order valence-electron chi connectivity index (χ3n) is 5.72. The van der Waals surface area contributed by atoms with Crippen LogP contribution in [0.15, 0.2) is 78.4 Å². The van der Waals surface area contributed by atoms with Gasteiger partial charge in [0.2, 0.25) is 0 Å². The van der Waals surface area contributed by atoms with Crippen molar-refractivity contribution in [2.75, 3.05) is 7.11 Å². The number of aliphatic hydroxyl groups is 1. The first-order valence-electron chi connectivity index (χ1n) is 10.5. The number of alkyl halides is 3. The minimum atomic E-state index is -4.58. The quantitative estimate of drug-likeness (QED) is 0.302. The number of methoxy groups -OCH3 is 1. The second kappa shape index (κ2) is 9.17. The van der Waals surface area contributed by atoms with Crippen molar-refractivity contribution in [3.8, 4) is 11.5 Å². The van der Waals surface area contributed by atoms with Gasteiger partial charge < -0.3 is 19.8 Å². The highest BCUT2D eigenvalue weighted by molar-refractivity contribution is 6.46. The molecule has 1 amide bonds. The van der Waals surface area contributed by atoms with E-state index in [0.717, 1.165) is 17.0 Å². The van der Waals surface area contributed by atoms with Crippen LogP contribution in [0.5, 0.6) is 11.5 Å². The maximum absolute atomic E-state index is 13.2. The van der Waals surface area contributed by atoms with Gasteiger partial charge in [0, 0.05) is 6.54 Å². The van der Waals surface area contributed by atoms with Gasteiger partial charge in [-0.05, 0) is 47.5 Å². The highest BCUT2D eigenvalue weighted by atomic mass is 19.4. The van der Waals surface area contributed by atoms with Crippen LogP contribution in [0, 0.1) is 0 Å². The van der Waals surface area contributed by atoms with E-state index in [-0.39, 0.29) is 34.7 Å². The Labute approximate surface area is 198 Å². The maximum atomic E-state index is 13.2. The first-order chi connectivity index (χ1) is 16.6. The fourth-order valence-corrected chi connectivity index (χ4v) is 4.07. The number of hydrogen-bond acceptors (Lipinski definition) is 5. The number of ketones is 1. The number of aliphatic hydroxyl groups excluding tert-OH is 1. The van der Waals surface area contributed by atoms with E-state index in [4.69, 9.17) is 4.74 Å². The zero-order valence-electron chi connectivity index (χ0n) is 18.4. The second-order valence-electron chi connectivity index (χ2n) is 7.92. The average molecular weight is 483 g/mol. The molecule has 180 valence electrons. The molecule has 0 bridgehead atoms. The molecular formula is C26H20F3NO5. The number of aromatic hydroxyl groups is 1. The molecule has 1 fully saturated rings. The predicted octanol–water partition coefficient (Wildman–Crippen LogP) is 5.04. The summed E-state index contributed by atoms with van der Waals surface area (Å²) >= 11 is 0. The summed E-state index contributed by atoms with van der Waals surface area (Å²) in [7, 11) is 1.38. The number of carbonyl (C=O) groups is 2. The Hall–Kier alpha value is -4.27. The molecule has 1 aliphatic heterocycles. The number of ether oxygens (including phenoxy) is 1. The van der Waals surface area contributed by atoms with Crippen molar-refractivity contribution < 1.29 is 37.7 Å². The molecule has 1 unspecified atom stereocenters. The monoisotopic (exact) mass is 483 g/mol. The molecule has 4 rings (SSSR count). The number of amides is 1. The lowest BCUT2D eigenvalue weighted by Gasteiger charge is -2.26. The van der Waals surface area contributed by atoms with Crippen LogP contribution in [-0.2, 0) is 22.3 Å². The summed E-state index contributed by atoms with van der Waals surface area (Å²) in [6, 6.07) is 15.4. The second-order valence-corrected chi connectivity index (χ2v) is 7.92. The third kappa shape index (κ3) is 4.57. The standard InChI is InChI=1S/C26H20F3NO5/c1-35-20-8-3-2-7-19(20)23(32)21-22(16-9-11-18(31)12-10-16)30(25(34)24(21)33)14-15-5-4-6-17(13-15)26(27,28)29/h2-13,22,31-32H,14H2,1H3/b23-21+. The van der Waals surface area contributed by atoms with E-state index >= 15 is 0 Å². The number of rotatable bonds is 5. The molecule has 35 heavy (non-hydrogen) atoms. The number of hydrogen-bond donors (Lipinski definition) is 2. The number of carbonyl (C=O) groups excluding carboxylic acids is 2. The predicted molar refractivity (Wildman–Crippen MR) is 120 cm³/mol. The van der Waals surface area contributed by atoms with Crippen LogP contribution < -0.4 is 4.74 Å². The van der Waals surface area contributed by atoms with Gasteiger partial charge in [0.05, 0.1) is 29.9 Å². The number of likely N-dealkylation sites (tertiary alicyclic amines) is 1. The van der Waals surface area contributed by atoms with Crippen LogP contribution in [0.3, 0.4) is 0 Å². The number of phenolic OH excluding ortho intramolecular Hbond substituents is 1. The molecular weight excluding hydrogens is 463 g/mol. The smallest absolute Gasteiger partial charge is 0.416 e. The molecule has 1 aliphatic rings. The summed E-state index contributed by atoms with van der Waals surface area (Å²) in [4.78, 5) is 27.3. The van der Waals surface area contributed by atoms with E-state index in [0.29, 0.717) is 5.56 Å². The van der Waals surface area contributed by atoms with E-state index in [9.17, 15) is 33.0 Å².